The Morgan fingerprint density at radius 3 is 2.63 bits per heavy atom. The second-order valence-electron chi connectivity index (χ2n) is 4.94. The van der Waals surface area contributed by atoms with Crippen molar-refractivity contribution in [3.63, 3.8) is 0 Å². The van der Waals surface area contributed by atoms with Crippen molar-refractivity contribution in [1.29, 1.82) is 0 Å². The molecule has 0 saturated carbocycles. The molecule has 19 heavy (non-hydrogen) atoms. The lowest BCUT2D eigenvalue weighted by Gasteiger charge is -2.35. The van der Waals surface area contributed by atoms with Crippen molar-refractivity contribution in [2.45, 2.75) is 32.6 Å². The van der Waals surface area contributed by atoms with E-state index in [1.165, 1.54) is 0 Å². The fourth-order valence-electron chi connectivity index (χ4n) is 1.87. The highest BCUT2D eigenvalue weighted by molar-refractivity contribution is 6.32. The first-order chi connectivity index (χ1) is 9.00. The molecule has 1 aromatic rings. The van der Waals surface area contributed by atoms with Gasteiger partial charge in [0.2, 0.25) is 0 Å². The van der Waals surface area contributed by atoms with Crippen LogP contribution in [-0.4, -0.2) is 31.6 Å². The number of ether oxygens (including phenoxy) is 3. The molecule has 1 aliphatic heterocycles. The zero-order valence-electron chi connectivity index (χ0n) is 11.5. The Morgan fingerprint density at radius 2 is 2.05 bits per heavy atom. The van der Waals surface area contributed by atoms with Gasteiger partial charge in [-0.3, -0.25) is 0 Å². The van der Waals surface area contributed by atoms with Gasteiger partial charge in [-0.05, 0) is 39.0 Å². The van der Waals surface area contributed by atoms with Crippen molar-refractivity contribution < 1.29 is 14.2 Å². The molecule has 106 valence electrons. The first kappa shape index (κ1) is 14.4. The Bertz CT molecular complexity index is 427. The molecule has 0 amide bonds. The molecular formula is C14H20ClNO3. The Kier molecular flexibility index (Phi) is 4.55. The van der Waals surface area contributed by atoms with Gasteiger partial charge >= 0.3 is 0 Å². The molecule has 0 atom stereocenters. The molecule has 1 fully saturated rings. The van der Waals surface area contributed by atoms with Crippen molar-refractivity contribution in [1.82, 2.24) is 0 Å². The highest BCUT2D eigenvalue weighted by Crippen LogP contribution is 2.28. The van der Waals surface area contributed by atoms with Crippen LogP contribution >= 0.6 is 11.6 Å². The molecule has 4 nitrogen and oxygen atoms in total. The minimum absolute atomic E-state index is 0.127. The lowest BCUT2D eigenvalue weighted by molar-refractivity contribution is -0.247. The summed E-state index contributed by atoms with van der Waals surface area (Å²) in [5.74, 6) is 0.210. The molecule has 0 aliphatic carbocycles. The van der Waals surface area contributed by atoms with Gasteiger partial charge in [0.15, 0.2) is 5.79 Å². The quantitative estimate of drug-likeness (QED) is 0.921. The summed E-state index contributed by atoms with van der Waals surface area (Å²) in [6.07, 6.45) is 0. The van der Waals surface area contributed by atoms with Gasteiger partial charge in [-0.1, -0.05) is 11.6 Å². The number of hydrogen-bond acceptors (Lipinski definition) is 4. The van der Waals surface area contributed by atoms with E-state index >= 15 is 0 Å². The summed E-state index contributed by atoms with van der Waals surface area (Å²) < 4.78 is 16.6. The number of benzene rings is 1. The van der Waals surface area contributed by atoms with Gasteiger partial charge in [0.1, 0.15) is 5.75 Å². The monoisotopic (exact) mass is 285 g/mol. The number of rotatable bonds is 4. The molecule has 2 rings (SSSR count). The Morgan fingerprint density at radius 1 is 1.37 bits per heavy atom. The fourth-order valence-corrected chi connectivity index (χ4v) is 2.11. The van der Waals surface area contributed by atoms with E-state index in [9.17, 15) is 0 Å². The average Bonchev–Trinajstić information content (AvgIpc) is 2.35. The van der Waals surface area contributed by atoms with E-state index < -0.39 is 5.79 Å². The summed E-state index contributed by atoms with van der Waals surface area (Å²) >= 11 is 6.14. The maximum atomic E-state index is 6.14. The van der Waals surface area contributed by atoms with Crippen LogP contribution in [0.25, 0.3) is 0 Å². The first-order valence-corrected chi connectivity index (χ1v) is 6.85. The summed E-state index contributed by atoms with van der Waals surface area (Å²) in [6.45, 7) is 7.58. The molecule has 1 aliphatic rings. The maximum absolute atomic E-state index is 6.14. The third-order valence-corrected chi connectivity index (χ3v) is 3.16. The fraction of sp³-hybridized carbons (Fsp3) is 0.571. The first-order valence-electron chi connectivity index (χ1n) is 6.47. The third kappa shape index (κ3) is 4.00. The van der Waals surface area contributed by atoms with Gasteiger partial charge in [0.05, 0.1) is 30.9 Å². The van der Waals surface area contributed by atoms with Crippen LogP contribution in [-0.2, 0) is 9.47 Å². The van der Waals surface area contributed by atoms with E-state index in [4.69, 9.17) is 25.8 Å². The molecule has 1 saturated heterocycles. The van der Waals surface area contributed by atoms with Crippen LogP contribution in [0.2, 0.25) is 5.02 Å². The molecule has 0 bridgehead atoms. The largest absolute Gasteiger partial charge is 0.492 e. The lowest BCUT2D eigenvalue weighted by Crippen LogP contribution is -2.45. The average molecular weight is 286 g/mol. The number of halogens is 1. The highest BCUT2D eigenvalue weighted by Gasteiger charge is 2.28. The van der Waals surface area contributed by atoms with Crippen LogP contribution in [0, 0.1) is 0 Å². The summed E-state index contributed by atoms with van der Waals surface area (Å²) in [6, 6.07) is 5.79. The van der Waals surface area contributed by atoms with Crippen molar-refractivity contribution in [2.24, 2.45) is 0 Å². The SMILES string of the molecule is CCOc1ccc(NC2COC(C)(C)OC2)cc1Cl. The standard InChI is InChI=1S/C14H20ClNO3/c1-4-17-13-6-5-10(7-12(13)15)16-11-8-18-14(2,3)19-9-11/h5-7,11,16H,4,8-9H2,1-3H3. The molecule has 1 aromatic carbocycles. The van der Waals surface area contributed by atoms with Crippen LogP contribution in [0.1, 0.15) is 20.8 Å². The van der Waals surface area contributed by atoms with E-state index in [2.05, 4.69) is 5.32 Å². The number of anilines is 1. The molecule has 1 heterocycles. The normalized spacial score (nSPS) is 19.2. The molecular weight excluding hydrogens is 266 g/mol. The van der Waals surface area contributed by atoms with Gasteiger partial charge in [0, 0.05) is 5.69 Å². The van der Waals surface area contributed by atoms with Gasteiger partial charge in [-0.2, -0.15) is 0 Å². The Balaban J connectivity index is 1.95. The smallest absolute Gasteiger partial charge is 0.162 e. The van der Waals surface area contributed by atoms with Gasteiger partial charge in [0.25, 0.3) is 0 Å². The molecule has 1 N–H and O–H groups in total. The summed E-state index contributed by atoms with van der Waals surface area (Å²) in [4.78, 5) is 0. The predicted octanol–water partition coefficient (Wildman–Crippen LogP) is 3.30. The van der Waals surface area contributed by atoms with Crippen molar-refractivity contribution in [3.8, 4) is 5.75 Å². The number of nitrogens with one attached hydrogen (secondary N) is 1. The lowest BCUT2D eigenvalue weighted by atomic mass is 10.2. The van der Waals surface area contributed by atoms with E-state index in [-0.39, 0.29) is 6.04 Å². The van der Waals surface area contributed by atoms with Gasteiger partial charge in [-0.15, -0.1) is 0 Å². The van der Waals surface area contributed by atoms with Crippen LogP contribution < -0.4 is 10.1 Å². The minimum Gasteiger partial charge on any atom is -0.492 e. The summed E-state index contributed by atoms with van der Waals surface area (Å²) in [5.41, 5.74) is 0.936. The molecule has 0 unspecified atom stereocenters. The molecule has 5 heteroatoms. The van der Waals surface area contributed by atoms with Crippen LogP contribution in [0.3, 0.4) is 0 Å². The van der Waals surface area contributed by atoms with E-state index in [0.29, 0.717) is 30.6 Å². The van der Waals surface area contributed by atoms with Crippen molar-refractivity contribution in [2.75, 3.05) is 25.1 Å². The van der Waals surface area contributed by atoms with Crippen molar-refractivity contribution >= 4 is 17.3 Å². The van der Waals surface area contributed by atoms with Crippen LogP contribution in [0.15, 0.2) is 18.2 Å². The molecule has 0 radical (unpaired) electrons. The third-order valence-electron chi connectivity index (χ3n) is 2.87. The Hall–Kier alpha value is -0.970. The van der Waals surface area contributed by atoms with Gasteiger partial charge in [-0.25, -0.2) is 0 Å². The number of hydrogen-bond donors (Lipinski definition) is 1. The minimum atomic E-state index is -0.491. The zero-order chi connectivity index (χ0) is 13.9. The highest BCUT2D eigenvalue weighted by atomic mass is 35.5. The summed E-state index contributed by atoms with van der Waals surface area (Å²) in [5, 5.41) is 3.94. The van der Waals surface area contributed by atoms with Crippen LogP contribution in [0.4, 0.5) is 5.69 Å². The second-order valence-corrected chi connectivity index (χ2v) is 5.35. The van der Waals surface area contributed by atoms with E-state index in [1.807, 2.05) is 39.0 Å². The van der Waals surface area contributed by atoms with E-state index in [1.54, 1.807) is 0 Å². The molecule has 0 spiro atoms. The van der Waals surface area contributed by atoms with Crippen molar-refractivity contribution in [3.05, 3.63) is 23.2 Å². The Labute approximate surface area is 119 Å². The second kappa shape index (κ2) is 5.99. The van der Waals surface area contributed by atoms with Gasteiger partial charge < -0.3 is 19.5 Å². The van der Waals surface area contributed by atoms with E-state index in [0.717, 1.165) is 5.69 Å². The summed E-state index contributed by atoms with van der Waals surface area (Å²) in [7, 11) is 0. The maximum Gasteiger partial charge on any atom is 0.162 e. The predicted molar refractivity (Wildman–Crippen MR) is 76.0 cm³/mol. The topological polar surface area (TPSA) is 39.7 Å². The molecule has 0 aromatic heterocycles. The zero-order valence-corrected chi connectivity index (χ0v) is 12.3. The van der Waals surface area contributed by atoms with Crippen LogP contribution in [0.5, 0.6) is 5.75 Å².